The molecule has 0 saturated heterocycles. The molecule has 0 radical (unpaired) electrons. The van der Waals surface area contributed by atoms with E-state index >= 15 is 0 Å². The molecule has 0 spiro atoms. The van der Waals surface area contributed by atoms with Crippen molar-refractivity contribution in [1.82, 2.24) is 4.90 Å². The predicted octanol–water partition coefficient (Wildman–Crippen LogP) is 3.81. The highest BCUT2D eigenvalue weighted by Gasteiger charge is 2.16. The lowest BCUT2D eigenvalue weighted by atomic mass is 9.90. The van der Waals surface area contributed by atoms with Crippen molar-refractivity contribution >= 4 is 5.69 Å². The highest BCUT2D eigenvalue weighted by atomic mass is 15.1. The van der Waals surface area contributed by atoms with E-state index in [0.29, 0.717) is 0 Å². The van der Waals surface area contributed by atoms with Gasteiger partial charge in [-0.15, -0.1) is 0 Å². The minimum Gasteiger partial charge on any atom is -0.399 e. The normalized spacial score (nSPS) is 11.6. The standard InChI is InChI=1S/C17H27N3/c1-4-11-20(12-5-10-17(2,3)14-18)13-15-6-8-16(19)9-7-15/h6-9H,4-5,10-13,19H2,1-3H3. The summed E-state index contributed by atoms with van der Waals surface area (Å²) in [7, 11) is 0. The quantitative estimate of drug-likeness (QED) is 0.733. The van der Waals surface area contributed by atoms with E-state index < -0.39 is 0 Å². The van der Waals surface area contributed by atoms with Crippen LogP contribution in [-0.4, -0.2) is 18.0 Å². The molecule has 0 heterocycles. The predicted molar refractivity (Wildman–Crippen MR) is 85.1 cm³/mol. The maximum Gasteiger partial charge on any atom is 0.0683 e. The molecule has 0 aliphatic heterocycles. The maximum absolute atomic E-state index is 9.05. The summed E-state index contributed by atoms with van der Waals surface area (Å²) in [6, 6.07) is 10.5. The van der Waals surface area contributed by atoms with Crippen molar-refractivity contribution in [3.05, 3.63) is 29.8 Å². The van der Waals surface area contributed by atoms with Gasteiger partial charge in [0.2, 0.25) is 0 Å². The van der Waals surface area contributed by atoms with Crippen LogP contribution in [0.15, 0.2) is 24.3 Å². The first-order chi connectivity index (χ1) is 9.46. The van der Waals surface area contributed by atoms with Gasteiger partial charge in [0.25, 0.3) is 0 Å². The molecule has 110 valence electrons. The van der Waals surface area contributed by atoms with Crippen LogP contribution < -0.4 is 5.73 Å². The van der Waals surface area contributed by atoms with Gasteiger partial charge in [-0.1, -0.05) is 19.1 Å². The lowest BCUT2D eigenvalue weighted by Gasteiger charge is -2.23. The second-order valence-corrected chi connectivity index (χ2v) is 6.12. The number of hydrogen-bond acceptors (Lipinski definition) is 3. The van der Waals surface area contributed by atoms with Crippen molar-refractivity contribution in [3.8, 4) is 6.07 Å². The van der Waals surface area contributed by atoms with E-state index in [0.717, 1.165) is 44.6 Å². The number of hydrogen-bond donors (Lipinski definition) is 1. The summed E-state index contributed by atoms with van der Waals surface area (Å²) in [4.78, 5) is 2.46. The van der Waals surface area contributed by atoms with Crippen LogP contribution in [-0.2, 0) is 6.54 Å². The molecule has 20 heavy (non-hydrogen) atoms. The zero-order chi connectivity index (χ0) is 15.0. The lowest BCUT2D eigenvalue weighted by molar-refractivity contribution is 0.248. The average molecular weight is 273 g/mol. The Labute approximate surface area is 123 Å². The summed E-state index contributed by atoms with van der Waals surface area (Å²) in [6.07, 6.45) is 3.16. The van der Waals surface area contributed by atoms with Gasteiger partial charge in [-0.25, -0.2) is 0 Å². The molecule has 1 aromatic carbocycles. The second-order valence-electron chi connectivity index (χ2n) is 6.12. The molecule has 0 aliphatic carbocycles. The molecular formula is C17H27N3. The summed E-state index contributed by atoms with van der Waals surface area (Å²) in [6.45, 7) is 9.32. The van der Waals surface area contributed by atoms with Crippen LogP contribution in [0.25, 0.3) is 0 Å². The molecule has 0 aliphatic rings. The van der Waals surface area contributed by atoms with Gasteiger partial charge in [0.15, 0.2) is 0 Å². The van der Waals surface area contributed by atoms with Gasteiger partial charge in [-0.05, 0) is 63.9 Å². The molecule has 3 nitrogen and oxygen atoms in total. The number of rotatable bonds is 8. The first-order valence-electron chi connectivity index (χ1n) is 7.45. The second kappa shape index (κ2) is 7.91. The van der Waals surface area contributed by atoms with E-state index in [1.54, 1.807) is 0 Å². The third kappa shape index (κ3) is 6.08. The van der Waals surface area contributed by atoms with Gasteiger partial charge in [-0.2, -0.15) is 5.26 Å². The van der Waals surface area contributed by atoms with Gasteiger partial charge in [0.05, 0.1) is 11.5 Å². The molecule has 0 aromatic heterocycles. The first kappa shape index (κ1) is 16.5. The minimum absolute atomic E-state index is 0.209. The van der Waals surface area contributed by atoms with E-state index in [1.165, 1.54) is 5.56 Å². The maximum atomic E-state index is 9.05. The van der Waals surface area contributed by atoms with E-state index in [4.69, 9.17) is 11.0 Å². The van der Waals surface area contributed by atoms with Gasteiger partial charge >= 0.3 is 0 Å². The Kier molecular flexibility index (Phi) is 6.54. The fraction of sp³-hybridized carbons (Fsp3) is 0.588. The SMILES string of the molecule is CCCN(CCCC(C)(C)C#N)Cc1ccc(N)cc1. The minimum atomic E-state index is -0.209. The van der Waals surface area contributed by atoms with Crippen molar-refractivity contribution < 1.29 is 0 Å². The number of anilines is 1. The zero-order valence-electron chi connectivity index (χ0n) is 13.0. The molecule has 0 bridgehead atoms. The fourth-order valence-electron chi connectivity index (χ4n) is 2.27. The van der Waals surface area contributed by atoms with Gasteiger partial charge < -0.3 is 5.73 Å². The number of benzene rings is 1. The number of nitriles is 1. The smallest absolute Gasteiger partial charge is 0.0683 e. The molecule has 1 rings (SSSR count). The summed E-state index contributed by atoms with van der Waals surface area (Å²) in [5, 5.41) is 9.05. The summed E-state index contributed by atoms with van der Waals surface area (Å²) in [5.74, 6) is 0. The third-order valence-corrected chi connectivity index (χ3v) is 3.50. The van der Waals surface area contributed by atoms with Crippen LogP contribution in [0, 0.1) is 16.7 Å². The van der Waals surface area contributed by atoms with E-state index in [1.807, 2.05) is 26.0 Å². The Balaban J connectivity index is 2.48. The molecule has 1 aromatic rings. The van der Waals surface area contributed by atoms with Gasteiger partial charge in [0.1, 0.15) is 0 Å². The van der Waals surface area contributed by atoms with E-state index in [9.17, 15) is 0 Å². The van der Waals surface area contributed by atoms with Crippen LogP contribution in [0.2, 0.25) is 0 Å². The largest absolute Gasteiger partial charge is 0.399 e. The van der Waals surface area contributed by atoms with Crippen molar-refractivity contribution in [3.63, 3.8) is 0 Å². The summed E-state index contributed by atoms with van der Waals surface area (Å²) >= 11 is 0. The third-order valence-electron chi connectivity index (χ3n) is 3.50. The van der Waals surface area contributed by atoms with Crippen molar-refractivity contribution in [2.75, 3.05) is 18.8 Å². The molecule has 0 atom stereocenters. The number of nitrogen functional groups attached to an aromatic ring is 1. The van der Waals surface area contributed by atoms with Crippen LogP contribution in [0.5, 0.6) is 0 Å². The Morgan fingerprint density at radius 1 is 1.20 bits per heavy atom. The van der Waals surface area contributed by atoms with Crippen molar-refractivity contribution in [1.29, 1.82) is 5.26 Å². The topological polar surface area (TPSA) is 53.0 Å². The van der Waals surface area contributed by atoms with E-state index in [-0.39, 0.29) is 5.41 Å². The molecular weight excluding hydrogens is 246 g/mol. The number of nitrogens with zero attached hydrogens (tertiary/aromatic N) is 2. The van der Waals surface area contributed by atoms with Crippen molar-refractivity contribution in [2.45, 2.75) is 46.6 Å². The summed E-state index contributed by atoms with van der Waals surface area (Å²) < 4.78 is 0. The Bertz CT molecular complexity index is 429. The molecule has 0 fully saturated rings. The van der Waals surface area contributed by atoms with Crippen LogP contribution in [0.3, 0.4) is 0 Å². The first-order valence-corrected chi connectivity index (χ1v) is 7.45. The highest BCUT2D eigenvalue weighted by molar-refractivity contribution is 5.39. The van der Waals surface area contributed by atoms with Gasteiger partial charge in [-0.3, -0.25) is 4.90 Å². The lowest BCUT2D eigenvalue weighted by Crippen LogP contribution is -2.26. The molecule has 2 N–H and O–H groups in total. The molecule has 0 amide bonds. The molecule has 3 heteroatoms. The fourth-order valence-corrected chi connectivity index (χ4v) is 2.27. The van der Waals surface area contributed by atoms with Crippen LogP contribution in [0.4, 0.5) is 5.69 Å². The van der Waals surface area contributed by atoms with E-state index in [2.05, 4.69) is 30.0 Å². The highest BCUT2D eigenvalue weighted by Crippen LogP contribution is 2.21. The Morgan fingerprint density at radius 3 is 2.40 bits per heavy atom. The Hall–Kier alpha value is -1.53. The van der Waals surface area contributed by atoms with Crippen LogP contribution >= 0.6 is 0 Å². The monoisotopic (exact) mass is 273 g/mol. The van der Waals surface area contributed by atoms with Gasteiger partial charge in [0, 0.05) is 12.2 Å². The molecule has 0 saturated carbocycles. The summed E-state index contributed by atoms with van der Waals surface area (Å²) in [5.41, 5.74) is 7.62. The number of nitrogens with two attached hydrogens (primary N) is 1. The zero-order valence-corrected chi connectivity index (χ0v) is 13.0. The average Bonchev–Trinajstić information content (AvgIpc) is 2.41. The Morgan fingerprint density at radius 2 is 1.85 bits per heavy atom. The van der Waals surface area contributed by atoms with Crippen LogP contribution in [0.1, 0.15) is 45.6 Å². The van der Waals surface area contributed by atoms with Crippen molar-refractivity contribution in [2.24, 2.45) is 5.41 Å². The molecule has 0 unspecified atom stereocenters.